The summed E-state index contributed by atoms with van der Waals surface area (Å²) in [5, 5.41) is 11.0. The number of nitriles is 1. The molecule has 0 saturated carbocycles. The van der Waals surface area contributed by atoms with Gasteiger partial charge in [-0.2, -0.15) is 17.0 Å². The van der Waals surface area contributed by atoms with Crippen LogP contribution >= 0.6 is 11.8 Å². The Bertz CT molecular complexity index is 176. The maximum absolute atomic E-state index is 10.9. The summed E-state index contributed by atoms with van der Waals surface area (Å²) in [6.07, 6.45) is 2.88. The minimum atomic E-state index is -0.168. The van der Waals surface area contributed by atoms with Crippen LogP contribution in [-0.4, -0.2) is 24.0 Å². The Hall–Kier alpha value is -0.690. The SMILES string of the molecule is CCC(CSC)NC(=O)CC#N. The molecule has 0 aliphatic heterocycles. The summed E-state index contributed by atoms with van der Waals surface area (Å²) in [6, 6.07) is 2.03. The summed E-state index contributed by atoms with van der Waals surface area (Å²) < 4.78 is 0. The van der Waals surface area contributed by atoms with E-state index in [1.807, 2.05) is 19.2 Å². The highest BCUT2D eigenvalue weighted by Gasteiger charge is 2.08. The van der Waals surface area contributed by atoms with Crippen molar-refractivity contribution in [1.82, 2.24) is 5.32 Å². The molecular formula is C8H14N2OS. The highest BCUT2D eigenvalue weighted by molar-refractivity contribution is 7.98. The molecule has 4 heteroatoms. The molecule has 0 aromatic carbocycles. The van der Waals surface area contributed by atoms with Crippen molar-refractivity contribution >= 4 is 17.7 Å². The topological polar surface area (TPSA) is 52.9 Å². The van der Waals surface area contributed by atoms with Crippen LogP contribution in [0.15, 0.2) is 0 Å². The molecule has 1 N–H and O–H groups in total. The fourth-order valence-corrected chi connectivity index (χ4v) is 1.53. The van der Waals surface area contributed by atoms with E-state index in [1.165, 1.54) is 0 Å². The van der Waals surface area contributed by atoms with E-state index in [0.29, 0.717) is 0 Å². The number of hydrogen-bond donors (Lipinski definition) is 1. The summed E-state index contributed by atoms with van der Waals surface area (Å²) in [5.41, 5.74) is 0. The van der Waals surface area contributed by atoms with Crippen LogP contribution in [0.3, 0.4) is 0 Å². The lowest BCUT2D eigenvalue weighted by Crippen LogP contribution is -2.35. The van der Waals surface area contributed by atoms with Crippen LogP contribution in [0.5, 0.6) is 0 Å². The van der Waals surface area contributed by atoms with E-state index >= 15 is 0 Å². The number of carbonyl (C=O) groups excluding carboxylic acids is 1. The Morgan fingerprint density at radius 3 is 2.83 bits per heavy atom. The van der Waals surface area contributed by atoms with E-state index < -0.39 is 0 Å². The lowest BCUT2D eigenvalue weighted by molar-refractivity contribution is -0.120. The van der Waals surface area contributed by atoms with Crippen molar-refractivity contribution in [3.8, 4) is 6.07 Å². The van der Waals surface area contributed by atoms with Crippen molar-refractivity contribution in [1.29, 1.82) is 5.26 Å². The van der Waals surface area contributed by atoms with Crippen LogP contribution in [0.1, 0.15) is 19.8 Å². The molecule has 3 nitrogen and oxygen atoms in total. The fourth-order valence-electron chi connectivity index (χ4n) is 0.813. The molecule has 0 bridgehead atoms. The van der Waals surface area contributed by atoms with Crippen LogP contribution in [0.2, 0.25) is 0 Å². The summed E-state index contributed by atoms with van der Waals surface area (Å²) >= 11 is 1.70. The van der Waals surface area contributed by atoms with E-state index in [4.69, 9.17) is 5.26 Å². The summed E-state index contributed by atoms with van der Waals surface area (Å²) in [4.78, 5) is 10.9. The van der Waals surface area contributed by atoms with Gasteiger partial charge in [0.2, 0.25) is 5.91 Å². The zero-order valence-electron chi connectivity index (χ0n) is 7.46. The number of thioether (sulfide) groups is 1. The molecule has 0 radical (unpaired) electrons. The Labute approximate surface area is 77.5 Å². The molecular weight excluding hydrogens is 172 g/mol. The van der Waals surface area contributed by atoms with Gasteiger partial charge in [0, 0.05) is 11.8 Å². The second-order valence-corrected chi connectivity index (χ2v) is 3.37. The Morgan fingerprint density at radius 1 is 1.75 bits per heavy atom. The molecule has 0 aliphatic carbocycles. The third-order valence-corrected chi connectivity index (χ3v) is 2.20. The van der Waals surface area contributed by atoms with E-state index in [0.717, 1.165) is 12.2 Å². The average molecular weight is 186 g/mol. The second-order valence-electron chi connectivity index (χ2n) is 2.46. The maximum Gasteiger partial charge on any atom is 0.234 e. The van der Waals surface area contributed by atoms with E-state index in [-0.39, 0.29) is 18.4 Å². The van der Waals surface area contributed by atoms with E-state index in [1.54, 1.807) is 11.8 Å². The molecule has 0 aromatic rings. The third kappa shape index (κ3) is 5.03. The largest absolute Gasteiger partial charge is 0.352 e. The Kier molecular flexibility index (Phi) is 6.58. The van der Waals surface area contributed by atoms with Gasteiger partial charge in [-0.3, -0.25) is 4.79 Å². The molecule has 0 rings (SSSR count). The van der Waals surface area contributed by atoms with Crippen LogP contribution in [0, 0.1) is 11.3 Å². The molecule has 1 atom stereocenters. The van der Waals surface area contributed by atoms with Gasteiger partial charge in [-0.1, -0.05) is 6.92 Å². The molecule has 1 unspecified atom stereocenters. The van der Waals surface area contributed by atoms with Crippen LogP contribution in [0.4, 0.5) is 0 Å². The first kappa shape index (κ1) is 11.3. The Balaban J connectivity index is 3.70. The van der Waals surface area contributed by atoms with Gasteiger partial charge in [0.25, 0.3) is 0 Å². The molecule has 1 amide bonds. The maximum atomic E-state index is 10.9. The van der Waals surface area contributed by atoms with Gasteiger partial charge in [-0.15, -0.1) is 0 Å². The Morgan fingerprint density at radius 2 is 2.42 bits per heavy atom. The van der Waals surface area contributed by atoms with Gasteiger partial charge in [-0.25, -0.2) is 0 Å². The predicted octanol–water partition coefficient (Wildman–Crippen LogP) is 1.16. The molecule has 0 saturated heterocycles. The van der Waals surface area contributed by atoms with Gasteiger partial charge in [-0.05, 0) is 12.7 Å². The average Bonchev–Trinajstić information content (AvgIpc) is 2.04. The van der Waals surface area contributed by atoms with Crippen LogP contribution in [0.25, 0.3) is 0 Å². The van der Waals surface area contributed by atoms with Crippen molar-refractivity contribution in [2.45, 2.75) is 25.8 Å². The third-order valence-electron chi connectivity index (χ3n) is 1.47. The quantitative estimate of drug-likeness (QED) is 0.701. The number of hydrogen-bond acceptors (Lipinski definition) is 3. The highest BCUT2D eigenvalue weighted by atomic mass is 32.2. The minimum Gasteiger partial charge on any atom is -0.352 e. The van der Waals surface area contributed by atoms with Gasteiger partial charge < -0.3 is 5.32 Å². The monoisotopic (exact) mass is 186 g/mol. The first-order valence-electron chi connectivity index (χ1n) is 3.89. The number of nitrogens with zero attached hydrogens (tertiary/aromatic N) is 1. The molecule has 0 heterocycles. The van der Waals surface area contributed by atoms with Crippen molar-refractivity contribution < 1.29 is 4.79 Å². The van der Waals surface area contributed by atoms with Gasteiger partial charge >= 0.3 is 0 Å². The van der Waals surface area contributed by atoms with Gasteiger partial charge in [0.15, 0.2) is 0 Å². The van der Waals surface area contributed by atoms with Crippen molar-refractivity contribution in [3.05, 3.63) is 0 Å². The van der Waals surface area contributed by atoms with Crippen molar-refractivity contribution in [2.75, 3.05) is 12.0 Å². The van der Waals surface area contributed by atoms with Gasteiger partial charge in [0.05, 0.1) is 6.07 Å². The molecule has 0 aliphatic rings. The number of nitrogens with one attached hydrogen (secondary N) is 1. The lowest BCUT2D eigenvalue weighted by atomic mass is 10.2. The van der Waals surface area contributed by atoms with E-state index in [9.17, 15) is 4.79 Å². The summed E-state index contributed by atoms with van der Waals surface area (Å²) in [7, 11) is 0. The van der Waals surface area contributed by atoms with E-state index in [2.05, 4.69) is 5.32 Å². The second kappa shape index (κ2) is 6.99. The zero-order chi connectivity index (χ0) is 9.40. The van der Waals surface area contributed by atoms with Crippen molar-refractivity contribution in [2.24, 2.45) is 0 Å². The highest BCUT2D eigenvalue weighted by Crippen LogP contribution is 2.00. The van der Waals surface area contributed by atoms with Crippen LogP contribution < -0.4 is 5.32 Å². The normalized spacial score (nSPS) is 11.8. The molecule has 12 heavy (non-hydrogen) atoms. The minimum absolute atomic E-state index is 0.0368. The van der Waals surface area contributed by atoms with Crippen LogP contribution in [-0.2, 0) is 4.79 Å². The molecule has 0 spiro atoms. The molecule has 0 fully saturated rings. The molecule has 0 aromatic heterocycles. The smallest absolute Gasteiger partial charge is 0.234 e. The number of rotatable bonds is 5. The first-order chi connectivity index (χ1) is 5.74. The van der Waals surface area contributed by atoms with Gasteiger partial charge in [0.1, 0.15) is 6.42 Å². The van der Waals surface area contributed by atoms with Crippen molar-refractivity contribution in [3.63, 3.8) is 0 Å². The fraction of sp³-hybridized carbons (Fsp3) is 0.750. The lowest BCUT2D eigenvalue weighted by Gasteiger charge is -2.14. The predicted molar refractivity (Wildman–Crippen MR) is 50.8 cm³/mol. The number of amides is 1. The summed E-state index contributed by atoms with van der Waals surface area (Å²) in [6.45, 7) is 2.02. The number of carbonyl (C=O) groups is 1. The standard InChI is InChI=1S/C8H14N2OS/c1-3-7(6-12-2)10-8(11)4-5-9/h7H,3-4,6H2,1-2H3,(H,10,11). The first-order valence-corrected chi connectivity index (χ1v) is 5.29. The summed E-state index contributed by atoms with van der Waals surface area (Å²) in [5.74, 6) is 0.742. The zero-order valence-corrected chi connectivity index (χ0v) is 8.28. The molecule has 68 valence electrons.